The molecular weight excluding hydrogens is 383 g/mol. The van der Waals surface area contributed by atoms with Crippen LogP contribution < -0.4 is 9.47 Å². The highest BCUT2D eigenvalue weighted by atomic mass is 35.5. The molecule has 0 spiro atoms. The standard InChI is InChI=1S/C21H16Cl2N2O2/c1-3-27-21-16(12-24)15(13-7-9-14(26-2)10-8-13)11-19(25-21)20-17(22)5-4-6-18(20)23/h4-11H,3H2,1-2H3. The monoisotopic (exact) mass is 398 g/mol. The summed E-state index contributed by atoms with van der Waals surface area (Å²) in [6, 6.07) is 16.7. The van der Waals surface area contributed by atoms with Gasteiger partial charge in [0.2, 0.25) is 5.88 Å². The van der Waals surface area contributed by atoms with Crippen LogP contribution in [0.4, 0.5) is 0 Å². The maximum absolute atomic E-state index is 9.71. The summed E-state index contributed by atoms with van der Waals surface area (Å²) in [6.07, 6.45) is 0. The van der Waals surface area contributed by atoms with Gasteiger partial charge < -0.3 is 9.47 Å². The quantitative estimate of drug-likeness (QED) is 0.528. The van der Waals surface area contributed by atoms with Crippen LogP contribution in [0.5, 0.6) is 11.6 Å². The van der Waals surface area contributed by atoms with Gasteiger partial charge in [-0.15, -0.1) is 0 Å². The molecule has 1 aromatic heterocycles. The average Bonchev–Trinajstić information content (AvgIpc) is 2.68. The first-order chi connectivity index (χ1) is 13.1. The molecule has 0 saturated carbocycles. The van der Waals surface area contributed by atoms with Crippen LogP contribution in [0.3, 0.4) is 0 Å². The molecule has 0 fully saturated rings. The smallest absolute Gasteiger partial charge is 0.232 e. The predicted molar refractivity (Wildman–Crippen MR) is 108 cm³/mol. The van der Waals surface area contributed by atoms with Gasteiger partial charge in [0.15, 0.2) is 0 Å². The van der Waals surface area contributed by atoms with Gasteiger partial charge >= 0.3 is 0 Å². The predicted octanol–water partition coefficient (Wildman–Crippen LogP) is 6.00. The number of halogens is 2. The van der Waals surface area contributed by atoms with E-state index < -0.39 is 0 Å². The lowest BCUT2D eigenvalue weighted by molar-refractivity contribution is 0.326. The number of aromatic nitrogens is 1. The van der Waals surface area contributed by atoms with Gasteiger partial charge in [0, 0.05) is 11.1 Å². The fourth-order valence-corrected chi connectivity index (χ4v) is 3.33. The molecule has 1 heterocycles. The van der Waals surface area contributed by atoms with Crippen LogP contribution in [-0.2, 0) is 0 Å². The number of nitrogens with zero attached hydrogens (tertiary/aromatic N) is 2. The molecule has 0 aliphatic carbocycles. The summed E-state index contributed by atoms with van der Waals surface area (Å²) in [7, 11) is 1.60. The van der Waals surface area contributed by atoms with Crippen LogP contribution in [0.25, 0.3) is 22.4 Å². The van der Waals surface area contributed by atoms with Crippen molar-refractivity contribution >= 4 is 23.2 Å². The first-order valence-corrected chi connectivity index (χ1v) is 9.01. The lowest BCUT2D eigenvalue weighted by Gasteiger charge is -2.14. The van der Waals surface area contributed by atoms with Crippen LogP contribution in [0, 0.1) is 11.3 Å². The second kappa shape index (κ2) is 8.30. The van der Waals surface area contributed by atoms with E-state index in [2.05, 4.69) is 11.1 Å². The van der Waals surface area contributed by atoms with Crippen molar-refractivity contribution in [3.63, 3.8) is 0 Å². The Morgan fingerprint density at radius 1 is 1.07 bits per heavy atom. The minimum absolute atomic E-state index is 0.249. The molecule has 0 saturated heterocycles. The molecule has 3 aromatic rings. The molecular formula is C21H16Cl2N2O2. The van der Waals surface area contributed by atoms with Crippen molar-refractivity contribution in [3.05, 3.63) is 64.1 Å². The van der Waals surface area contributed by atoms with Crippen LogP contribution in [0.1, 0.15) is 12.5 Å². The minimum atomic E-state index is 0.249. The van der Waals surface area contributed by atoms with Gasteiger partial charge in [-0.1, -0.05) is 41.4 Å². The number of ether oxygens (including phenoxy) is 2. The third-order valence-corrected chi connectivity index (χ3v) is 4.63. The maximum Gasteiger partial charge on any atom is 0.232 e. The lowest BCUT2D eigenvalue weighted by Crippen LogP contribution is -2.01. The van der Waals surface area contributed by atoms with Crippen LogP contribution in [-0.4, -0.2) is 18.7 Å². The van der Waals surface area contributed by atoms with E-state index in [1.807, 2.05) is 31.2 Å². The molecule has 0 N–H and O–H groups in total. The van der Waals surface area contributed by atoms with E-state index in [4.69, 9.17) is 32.7 Å². The summed E-state index contributed by atoms with van der Waals surface area (Å²) >= 11 is 12.7. The average molecular weight is 399 g/mol. The zero-order valence-corrected chi connectivity index (χ0v) is 16.3. The Labute approximate surface area is 167 Å². The second-order valence-corrected chi connectivity index (χ2v) is 6.42. The molecule has 0 unspecified atom stereocenters. The number of nitriles is 1. The molecule has 0 aliphatic rings. The van der Waals surface area contributed by atoms with E-state index in [9.17, 15) is 5.26 Å². The Kier molecular flexibility index (Phi) is 5.85. The molecule has 0 amide bonds. The molecule has 6 heteroatoms. The third kappa shape index (κ3) is 3.85. The Bertz CT molecular complexity index is 992. The van der Waals surface area contributed by atoms with E-state index in [1.54, 1.807) is 31.4 Å². The van der Waals surface area contributed by atoms with Gasteiger partial charge in [-0.05, 0) is 42.8 Å². The van der Waals surface area contributed by atoms with Crippen molar-refractivity contribution in [2.45, 2.75) is 6.92 Å². The van der Waals surface area contributed by atoms with Gasteiger partial charge in [-0.3, -0.25) is 0 Å². The van der Waals surface area contributed by atoms with Crippen LogP contribution >= 0.6 is 23.2 Å². The number of hydrogen-bond donors (Lipinski definition) is 0. The van der Waals surface area contributed by atoms with Crippen molar-refractivity contribution in [3.8, 4) is 40.1 Å². The van der Waals surface area contributed by atoms with Crippen molar-refractivity contribution in [2.75, 3.05) is 13.7 Å². The second-order valence-electron chi connectivity index (χ2n) is 5.61. The van der Waals surface area contributed by atoms with Crippen LogP contribution in [0.15, 0.2) is 48.5 Å². The first-order valence-electron chi connectivity index (χ1n) is 8.25. The maximum atomic E-state index is 9.71. The number of benzene rings is 2. The zero-order chi connectivity index (χ0) is 19.4. The molecule has 3 rings (SSSR count). The summed E-state index contributed by atoms with van der Waals surface area (Å²) in [6.45, 7) is 2.22. The molecule has 4 nitrogen and oxygen atoms in total. The van der Waals surface area contributed by atoms with Crippen LogP contribution in [0.2, 0.25) is 10.0 Å². The number of methoxy groups -OCH3 is 1. The van der Waals surface area contributed by atoms with E-state index >= 15 is 0 Å². The SMILES string of the molecule is CCOc1nc(-c2c(Cl)cccc2Cl)cc(-c2ccc(OC)cc2)c1C#N. The van der Waals surface area contributed by atoms with E-state index in [1.165, 1.54) is 0 Å². The fourth-order valence-electron chi connectivity index (χ4n) is 2.74. The summed E-state index contributed by atoms with van der Waals surface area (Å²) in [5.74, 6) is 0.977. The van der Waals surface area contributed by atoms with Gasteiger partial charge in [-0.25, -0.2) is 4.98 Å². The Hall–Kier alpha value is -2.74. The summed E-state index contributed by atoms with van der Waals surface area (Å²) in [5.41, 5.74) is 3.01. The Balaban J connectivity index is 2.28. The molecule has 2 aromatic carbocycles. The van der Waals surface area contributed by atoms with Crippen molar-refractivity contribution in [1.82, 2.24) is 4.98 Å². The molecule has 0 bridgehead atoms. The first kappa shape index (κ1) is 19.0. The summed E-state index contributed by atoms with van der Waals surface area (Å²) in [4.78, 5) is 4.51. The molecule has 0 aliphatic heterocycles. The minimum Gasteiger partial charge on any atom is -0.497 e. The number of hydrogen-bond acceptors (Lipinski definition) is 4. The summed E-state index contributed by atoms with van der Waals surface area (Å²) < 4.78 is 10.8. The van der Waals surface area contributed by atoms with Gasteiger partial charge in [-0.2, -0.15) is 5.26 Å². The highest BCUT2D eigenvalue weighted by Crippen LogP contribution is 2.39. The number of pyridine rings is 1. The molecule has 0 atom stereocenters. The van der Waals surface area contributed by atoms with Gasteiger partial charge in [0.25, 0.3) is 0 Å². The number of rotatable bonds is 5. The highest BCUT2D eigenvalue weighted by molar-refractivity contribution is 6.39. The fraction of sp³-hybridized carbons (Fsp3) is 0.143. The van der Waals surface area contributed by atoms with E-state index in [-0.39, 0.29) is 5.88 Å². The normalized spacial score (nSPS) is 10.3. The summed E-state index contributed by atoms with van der Waals surface area (Å²) in [5, 5.41) is 10.7. The molecule has 136 valence electrons. The van der Waals surface area contributed by atoms with Crippen molar-refractivity contribution in [1.29, 1.82) is 5.26 Å². The van der Waals surface area contributed by atoms with E-state index in [0.29, 0.717) is 39.0 Å². The lowest BCUT2D eigenvalue weighted by atomic mass is 9.98. The highest BCUT2D eigenvalue weighted by Gasteiger charge is 2.19. The van der Waals surface area contributed by atoms with Gasteiger partial charge in [0.05, 0.1) is 29.5 Å². The molecule has 27 heavy (non-hydrogen) atoms. The Morgan fingerprint density at radius 3 is 2.30 bits per heavy atom. The third-order valence-electron chi connectivity index (χ3n) is 4.00. The van der Waals surface area contributed by atoms with Gasteiger partial charge in [0.1, 0.15) is 17.4 Å². The van der Waals surface area contributed by atoms with Crippen molar-refractivity contribution in [2.24, 2.45) is 0 Å². The Morgan fingerprint density at radius 2 is 1.74 bits per heavy atom. The largest absolute Gasteiger partial charge is 0.497 e. The van der Waals surface area contributed by atoms with E-state index in [0.717, 1.165) is 11.3 Å². The topological polar surface area (TPSA) is 55.1 Å². The molecule has 0 radical (unpaired) electrons. The zero-order valence-electron chi connectivity index (χ0n) is 14.8. The van der Waals surface area contributed by atoms with Crippen molar-refractivity contribution < 1.29 is 9.47 Å².